The molecule has 1 aromatic rings. The molecule has 144 valence electrons. The van der Waals surface area contributed by atoms with Gasteiger partial charge in [-0.15, -0.1) is 0 Å². The molecule has 2 saturated heterocycles. The van der Waals surface area contributed by atoms with Crippen molar-refractivity contribution >= 4 is 35.4 Å². The minimum Gasteiger partial charge on any atom is -0.466 e. The summed E-state index contributed by atoms with van der Waals surface area (Å²) < 4.78 is 15.6. The second kappa shape index (κ2) is 6.49. The number of nitrogens with zero attached hydrogens (tertiary/aromatic N) is 1. The van der Waals surface area contributed by atoms with E-state index in [1.165, 1.54) is 7.11 Å². The van der Waals surface area contributed by atoms with Crippen LogP contribution in [0.4, 0.5) is 4.79 Å². The number of rotatable bonds is 3. The van der Waals surface area contributed by atoms with E-state index in [-0.39, 0.29) is 11.8 Å². The maximum absolute atomic E-state index is 13.3. The lowest BCUT2D eigenvalue weighted by Crippen LogP contribution is -2.60. The predicted octanol–water partition coefficient (Wildman–Crippen LogP) is 1.39. The van der Waals surface area contributed by atoms with E-state index in [4.69, 9.17) is 26.4 Å². The highest BCUT2D eigenvalue weighted by Gasteiger charge is 2.62. The minimum absolute atomic E-state index is 0.0470. The molecule has 0 spiro atoms. The summed E-state index contributed by atoms with van der Waals surface area (Å²) >= 11 is 5.09. The molecular weight excluding hydrogens is 372 g/mol. The van der Waals surface area contributed by atoms with Gasteiger partial charge in [0.2, 0.25) is 0 Å². The SMILES string of the molecule is COC(=O)[C@@]1(c2ccc(C)cc2)OC(=S)N[C@H]1C(=O)N1C(=O)OCC1(C)C. The number of carbonyl (C=O) groups is 3. The molecule has 0 aliphatic carbocycles. The van der Waals surface area contributed by atoms with E-state index in [1.807, 2.05) is 6.92 Å². The monoisotopic (exact) mass is 392 g/mol. The van der Waals surface area contributed by atoms with Crippen LogP contribution in [0.2, 0.25) is 0 Å². The van der Waals surface area contributed by atoms with Gasteiger partial charge in [-0.05, 0) is 33.0 Å². The maximum Gasteiger partial charge on any atom is 0.417 e. The van der Waals surface area contributed by atoms with Gasteiger partial charge in [-0.1, -0.05) is 29.8 Å². The normalized spacial score (nSPS) is 26.2. The standard InChI is InChI=1S/C18H20N2O6S/c1-10-5-7-11(8-6-10)18(14(22)24-4)12(19-15(27)26-18)13(21)20-16(23)25-9-17(20,2)3/h5-8,12H,9H2,1-4H3,(H,19,27)/t12-,18-/m0/s1. The van der Waals surface area contributed by atoms with Gasteiger partial charge in [0, 0.05) is 5.56 Å². The van der Waals surface area contributed by atoms with Crippen LogP contribution in [0.3, 0.4) is 0 Å². The molecule has 2 aliphatic rings. The molecular formula is C18H20N2O6S. The summed E-state index contributed by atoms with van der Waals surface area (Å²) in [5, 5.41) is 2.58. The first-order valence-corrected chi connectivity index (χ1v) is 8.70. The number of hydrogen-bond acceptors (Lipinski definition) is 7. The van der Waals surface area contributed by atoms with Crippen molar-refractivity contribution in [2.45, 2.75) is 38.0 Å². The number of cyclic esters (lactones) is 1. The third kappa shape index (κ3) is 2.91. The lowest BCUT2D eigenvalue weighted by Gasteiger charge is -2.34. The third-order valence-corrected chi connectivity index (χ3v) is 4.90. The number of carbonyl (C=O) groups excluding carboxylic acids is 3. The Morgan fingerprint density at radius 2 is 1.93 bits per heavy atom. The minimum atomic E-state index is -1.85. The van der Waals surface area contributed by atoms with Crippen LogP contribution in [-0.4, -0.2) is 53.3 Å². The highest BCUT2D eigenvalue weighted by molar-refractivity contribution is 7.80. The summed E-state index contributed by atoms with van der Waals surface area (Å²) in [7, 11) is 1.19. The predicted molar refractivity (Wildman–Crippen MR) is 97.8 cm³/mol. The molecule has 8 nitrogen and oxygen atoms in total. The van der Waals surface area contributed by atoms with Crippen LogP contribution in [0.15, 0.2) is 24.3 Å². The fraction of sp³-hybridized carbons (Fsp3) is 0.444. The van der Waals surface area contributed by atoms with Crippen LogP contribution < -0.4 is 5.32 Å². The lowest BCUT2D eigenvalue weighted by atomic mass is 9.85. The quantitative estimate of drug-likeness (QED) is 0.609. The summed E-state index contributed by atoms with van der Waals surface area (Å²) in [4.78, 5) is 39.3. The molecule has 2 amide bonds. The number of ether oxygens (including phenoxy) is 3. The van der Waals surface area contributed by atoms with Crippen LogP contribution in [0, 0.1) is 6.92 Å². The molecule has 2 atom stereocenters. The van der Waals surface area contributed by atoms with Crippen molar-refractivity contribution in [3.05, 3.63) is 35.4 Å². The number of hydrogen-bond donors (Lipinski definition) is 1. The number of nitrogens with one attached hydrogen (secondary N) is 1. The number of benzene rings is 1. The fourth-order valence-electron chi connectivity index (χ4n) is 3.28. The zero-order valence-corrected chi connectivity index (χ0v) is 16.2. The molecule has 2 aliphatic heterocycles. The topological polar surface area (TPSA) is 94.2 Å². The van der Waals surface area contributed by atoms with E-state index < -0.39 is 35.2 Å². The molecule has 1 N–H and O–H groups in total. The van der Waals surface area contributed by atoms with Crippen molar-refractivity contribution in [1.82, 2.24) is 10.2 Å². The smallest absolute Gasteiger partial charge is 0.417 e. The molecule has 1 aromatic carbocycles. The molecule has 2 fully saturated rings. The maximum atomic E-state index is 13.3. The first kappa shape index (κ1) is 19.1. The molecule has 0 aromatic heterocycles. The number of thiocarbonyl (C=S) groups is 1. The second-order valence-electron chi connectivity index (χ2n) is 7.10. The summed E-state index contributed by atoms with van der Waals surface area (Å²) in [5.74, 6) is -1.49. The molecule has 0 unspecified atom stereocenters. The van der Waals surface area contributed by atoms with E-state index in [0.29, 0.717) is 5.56 Å². The van der Waals surface area contributed by atoms with Crippen LogP contribution in [0.1, 0.15) is 25.0 Å². The number of amides is 2. The Morgan fingerprint density at radius 1 is 1.30 bits per heavy atom. The Hall–Kier alpha value is -2.68. The first-order valence-electron chi connectivity index (χ1n) is 8.29. The van der Waals surface area contributed by atoms with Gasteiger partial charge in [0.15, 0.2) is 6.04 Å². The van der Waals surface area contributed by atoms with Gasteiger partial charge in [0.05, 0.1) is 12.6 Å². The van der Waals surface area contributed by atoms with Gasteiger partial charge in [0.1, 0.15) is 6.61 Å². The van der Waals surface area contributed by atoms with Crippen LogP contribution in [0.5, 0.6) is 0 Å². The van der Waals surface area contributed by atoms with Crippen LogP contribution in [0.25, 0.3) is 0 Å². The van der Waals surface area contributed by atoms with E-state index in [0.717, 1.165) is 10.5 Å². The van der Waals surface area contributed by atoms with Crippen molar-refractivity contribution < 1.29 is 28.6 Å². The van der Waals surface area contributed by atoms with Gasteiger partial charge < -0.3 is 19.5 Å². The highest BCUT2D eigenvalue weighted by atomic mass is 32.1. The summed E-state index contributed by atoms with van der Waals surface area (Å²) in [6.07, 6.45) is -0.785. The fourth-order valence-corrected chi connectivity index (χ4v) is 3.53. The Morgan fingerprint density at radius 3 is 2.44 bits per heavy atom. The Balaban J connectivity index is 2.12. The van der Waals surface area contributed by atoms with Crippen LogP contribution in [-0.2, 0) is 29.4 Å². The van der Waals surface area contributed by atoms with Gasteiger partial charge in [-0.25, -0.2) is 14.5 Å². The molecule has 3 rings (SSSR count). The summed E-state index contributed by atoms with van der Waals surface area (Å²) in [6.45, 7) is 5.31. The summed E-state index contributed by atoms with van der Waals surface area (Å²) in [6, 6.07) is 5.59. The zero-order valence-electron chi connectivity index (χ0n) is 15.4. The average molecular weight is 392 g/mol. The van der Waals surface area contributed by atoms with Gasteiger partial charge in [-0.2, -0.15) is 0 Å². The molecule has 2 heterocycles. The van der Waals surface area contributed by atoms with E-state index >= 15 is 0 Å². The number of imide groups is 1. The van der Waals surface area contributed by atoms with E-state index in [9.17, 15) is 14.4 Å². The van der Waals surface area contributed by atoms with Crippen LogP contribution >= 0.6 is 12.2 Å². The Kier molecular flexibility index (Phi) is 4.59. The van der Waals surface area contributed by atoms with E-state index in [2.05, 4.69) is 5.32 Å². The Labute approximate surface area is 161 Å². The number of esters is 1. The molecule has 0 radical (unpaired) electrons. The Bertz CT molecular complexity index is 822. The molecule has 27 heavy (non-hydrogen) atoms. The highest BCUT2D eigenvalue weighted by Crippen LogP contribution is 2.38. The van der Waals surface area contributed by atoms with Crippen molar-refractivity contribution in [1.29, 1.82) is 0 Å². The van der Waals surface area contributed by atoms with Crippen molar-refractivity contribution in [3.63, 3.8) is 0 Å². The van der Waals surface area contributed by atoms with Crippen molar-refractivity contribution in [2.75, 3.05) is 13.7 Å². The second-order valence-corrected chi connectivity index (χ2v) is 7.47. The largest absolute Gasteiger partial charge is 0.466 e. The average Bonchev–Trinajstić information content (AvgIpc) is 3.11. The molecule has 0 saturated carbocycles. The molecule has 0 bridgehead atoms. The van der Waals surface area contributed by atoms with E-state index in [1.54, 1.807) is 38.1 Å². The van der Waals surface area contributed by atoms with Gasteiger partial charge in [0.25, 0.3) is 16.7 Å². The first-order chi connectivity index (χ1) is 12.6. The van der Waals surface area contributed by atoms with Crippen molar-refractivity contribution in [2.24, 2.45) is 0 Å². The third-order valence-electron chi connectivity index (χ3n) is 4.70. The lowest BCUT2D eigenvalue weighted by molar-refractivity contribution is -0.165. The van der Waals surface area contributed by atoms with Gasteiger partial charge >= 0.3 is 12.1 Å². The van der Waals surface area contributed by atoms with Gasteiger partial charge in [-0.3, -0.25) is 4.79 Å². The van der Waals surface area contributed by atoms with Crippen molar-refractivity contribution in [3.8, 4) is 0 Å². The zero-order chi connectivity index (χ0) is 20.0. The summed E-state index contributed by atoms with van der Waals surface area (Å²) in [5.41, 5.74) is -1.39. The molecule has 9 heteroatoms. The number of aryl methyl sites for hydroxylation is 1. The number of methoxy groups -OCH3 is 1.